The van der Waals surface area contributed by atoms with Gasteiger partial charge in [0.15, 0.2) is 5.96 Å². The van der Waals surface area contributed by atoms with Crippen molar-refractivity contribution >= 4 is 27.1 Å². The van der Waals surface area contributed by atoms with E-state index in [1.165, 1.54) is 24.0 Å². The number of hydrogen-bond donors (Lipinski definition) is 2. The molecular weight excluding hydrogens is 380 g/mol. The molecular formula is C19H34N4O2S2. The molecule has 154 valence electrons. The van der Waals surface area contributed by atoms with Crippen molar-refractivity contribution in [1.82, 2.24) is 15.5 Å². The normalized spacial score (nSPS) is 18.4. The predicted octanol–water partition coefficient (Wildman–Crippen LogP) is 2.51. The van der Waals surface area contributed by atoms with E-state index in [9.17, 15) is 8.42 Å². The van der Waals surface area contributed by atoms with Crippen LogP contribution in [0.4, 0.5) is 0 Å². The van der Waals surface area contributed by atoms with Crippen LogP contribution in [0.15, 0.2) is 22.5 Å². The number of rotatable bonds is 9. The summed E-state index contributed by atoms with van der Waals surface area (Å²) in [5.41, 5.74) is 0. The van der Waals surface area contributed by atoms with Crippen molar-refractivity contribution in [1.29, 1.82) is 0 Å². The summed E-state index contributed by atoms with van der Waals surface area (Å²) >= 11 is 1.80. The SMILES string of the molecule is CCNC(=NCC(c1cccs1)N1CCC(C)CC1)NCCCS(C)(=O)=O. The maximum absolute atomic E-state index is 11.3. The van der Waals surface area contributed by atoms with Gasteiger partial charge in [0.25, 0.3) is 0 Å². The molecule has 0 aromatic carbocycles. The van der Waals surface area contributed by atoms with E-state index in [4.69, 9.17) is 4.99 Å². The Kier molecular flexibility index (Phi) is 9.05. The molecule has 1 aromatic heterocycles. The minimum Gasteiger partial charge on any atom is -0.357 e. The molecule has 1 saturated heterocycles. The molecule has 2 rings (SSSR count). The third-order valence-electron chi connectivity index (χ3n) is 4.88. The molecule has 0 amide bonds. The summed E-state index contributed by atoms with van der Waals surface area (Å²) in [6.07, 6.45) is 4.35. The fraction of sp³-hybridized carbons (Fsp3) is 0.737. The number of piperidine rings is 1. The Hall–Kier alpha value is -1.12. The van der Waals surface area contributed by atoms with Gasteiger partial charge in [0.05, 0.1) is 18.3 Å². The third kappa shape index (κ3) is 8.19. The van der Waals surface area contributed by atoms with Gasteiger partial charge in [-0.3, -0.25) is 9.89 Å². The quantitative estimate of drug-likeness (QED) is 0.369. The van der Waals surface area contributed by atoms with Gasteiger partial charge in [-0.1, -0.05) is 13.0 Å². The van der Waals surface area contributed by atoms with Crippen LogP contribution in [0.5, 0.6) is 0 Å². The van der Waals surface area contributed by atoms with Gasteiger partial charge in [0, 0.05) is 24.2 Å². The Bertz CT molecular complexity index is 666. The Morgan fingerprint density at radius 2 is 2.11 bits per heavy atom. The maximum atomic E-state index is 11.3. The molecule has 1 fully saturated rings. The summed E-state index contributed by atoms with van der Waals surface area (Å²) in [7, 11) is -2.91. The first-order valence-corrected chi connectivity index (χ1v) is 12.8. The van der Waals surface area contributed by atoms with Crippen molar-refractivity contribution < 1.29 is 8.42 Å². The zero-order valence-electron chi connectivity index (χ0n) is 16.8. The van der Waals surface area contributed by atoms with Gasteiger partial charge in [0.1, 0.15) is 9.84 Å². The monoisotopic (exact) mass is 414 g/mol. The second-order valence-corrected chi connectivity index (χ2v) is 10.6. The van der Waals surface area contributed by atoms with Crippen LogP contribution in [0.25, 0.3) is 0 Å². The minimum absolute atomic E-state index is 0.198. The number of sulfone groups is 1. The van der Waals surface area contributed by atoms with E-state index < -0.39 is 9.84 Å². The summed E-state index contributed by atoms with van der Waals surface area (Å²) in [6.45, 7) is 8.70. The molecule has 0 spiro atoms. The minimum atomic E-state index is -2.91. The van der Waals surface area contributed by atoms with Gasteiger partial charge in [-0.05, 0) is 56.6 Å². The number of nitrogens with zero attached hydrogens (tertiary/aromatic N) is 2. The molecule has 2 heterocycles. The van der Waals surface area contributed by atoms with Crippen LogP contribution in [-0.4, -0.2) is 64.0 Å². The van der Waals surface area contributed by atoms with Gasteiger partial charge in [-0.15, -0.1) is 11.3 Å². The van der Waals surface area contributed by atoms with Crippen LogP contribution in [0.2, 0.25) is 0 Å². The third-order valence-corrected chi connectivity index (χ3v) is 6.89. The van der Waals surface area contributed by atoms with E-state index in [1.54, 1.807) is 11.3 Å². The van der Waals surface area contributed by atoms with Crippen molar-refractivity contribution in [3.8, 4) is 0 Å². The summed E-state index contributed by atoms with van der Waals surface area (Å²) in [6, 6.07) is 4.62. The largest absolute Gasteiger partial charge is 0.357 e. The Balaban J connectivity index is 1.98. The van der Waals surface area contributed by atoms with Crippen molar-refractivity contribution in [3.63, 3.8) is 0 Å². The molecule has 0 saturated carbocycles. The number of likely N-dealkylation sites (tertiary alicyclic amines) is 1. The van der Waals surface area contributed by atoms with Crippen molar-refractivity contribution in [2.45, 2.75) is 39.2 Å². The molecule has 1 aliphatic heterocycles. The topological polar surface area (TPSA) is 73.8 Å². The lowest BCUT2D eigenvalue weighted by atomic mass is 9.97. The highest BCUT2D eigenvalue weighted by atomic mass is 32.2. The molecule has 1 unspecified atom stereocenters. The van der Waals surface area contributed by atoms with Gasteiger partial charge >= 0.3 is 0 Å². The average Bonchev–Trinajstić information content (AvgIpc) is 3.13. The second-order valence-electron chi connectivity index (χ2n) is 7.38. The summed E-state index contributed by atoms with van der Waals surface area (Å²) < 4.78 is 22.5. The Morgan fingerprint density at radius 1 is 1.37 bits per heavy atom. The van der Waals surface area contributed by atoms with Crippen molar-refractivity contribution in [3.05, 3.63) is 22.4 Å². The predicted molar refractivity (Wildman–Crippen MR) is 115 cm³/mol. The summed E-state index contributed by atoms with van der Waals surface area (Å²) in [5.74, 6) is 1.77. The molecule has 0 radical (unpaired) electrons. The van der Waals surface area contributed by atoms with Crippen LogP contribution < -0.4 is 10.6 Å². The van der Waals surface area contributed by atoms with Crippen LogP contribution in [-0.2, 0) is 9.84 Å². The van der Waals surface area contributed by atoms with Crippen LogP contribution in [0, 0.1) is 5.92 Å². The van der Waals surface area contributed by atoms with Gasteiger partial charge in [-0.2, -0.15) is 0 Å². The number of nitrogens with one attached hydrogen (secondary N) is 2. The highest BCUT2D eigenvalue weighted by molar-refractivity contribution is 7.90. The molecule has 8 heteroatoms. The lowest BCUT2D eigenvalue weighted by Crippen LogP contribution is -2.40. The van der Waals surface area contributed by atoms with Crippen molar-refractivity contribution in [2.75, 3.05) is 44.7 Å². The van der Waals surface area contributed by atoms with E-state index >= 15 is 0 Å². The highest BCUT2D eigenvalue weighted by Crippen LogP contribution is 2.29. The number of thiophene rings is 1. The Labute approximate surface area is 168 Å². The molecule has 1 aliphatic rings. The Morgan fingerprint density at radius 3 is 2.70 bits per heavy atom. The zero-order valence-corrected chi connectivity index (χ0v) is 18.4. The molecule has 0 aliphatic carbocycles. The lowest BCUT2D eigenvalue weighted by Gasteiger charge is -2.35. The summed E-state index contributed by atoms with van der Waals surface area (Å²) in [5, 5.41) is 8.66. The molecule has 1 atom stereocenters. The van der Waals surface area contributed by atoms with E-state index in [1.807, 2.05) is 6.92 Å². The number of guanidine groups is 1. The maximum Gasteiger partial charge on any atom is 0.191 e. The van der Waals surface area contributed by atoms with Crippen LogP contribution >= 0.6 is 11.3 Å². The van der Waals surface area contributed by atoms with Gasteiger partial charge < -0.3 is 10.6 Å². The van der Waals surface area contributed by atoms with Crippen molar-refractivity contribution in [2.24, 2.45) is 10.9 Å². The second kappa shape index (κ2) is 11.0. The fourth-order valence-corrected chi connectivity index (χ4v) is 4.79. The van der Waals surface area contributed by atoms with E-state index in [0.717, 1.165) is 31.5 Å². The molecule has 0 bridgehead atoms. The van der Waals surface area contributed by atoms with Crippen LogP contribution in [0.1, 0.15) is 44.0 Å². The number of hydrogen-bond acceptors (Lipinski definition) is 5. The summed E-state index contributed by atoms with van der Waals surface area (Å²) in [4.78, 5) is 8.73. The van der Waals surface area contributed by atoms with E-state index in [2.05, 4.69) is 40.0 Å². The van der Waals surface area contributed by atoms with Gasteiger partial charge in [-0.25, -0.2) is 8.42 Å². The standard InChI is InChI=1S/C19H34N4O2S2/c1-4-20-19(21-10-6-14-27(3,24)25)22-15-17(18-7-5-13-26-18)23-11-8-16(2)9-12-23/h5,7,13,16-17H,4,6,8-12,14-15H2,1-3H3,(H2,20,21,22). The first-order chi connectivity index (χ1) is 12.9. The molecule has 27 heavy (non-hydrogen) atoms. The van der Waals surface area contributed by atoms with Gasteiger partial charge in [0.2, 0.25) is 0 Å². The first-order valence-electron chi connectivity index (χ1n) is 9.86. The number of aliphatic imine (C=N–C) groups is 1. The van der Waals surface area contributed by atoms with E-state index in [-0.39, 0.29) is 5.75 Å². The fourth-order valence-electron chi connectivity index (χ4n) is 3.27. The molecule has 6 nitrogen and oxygen atoms in total. The first kappa shape index (κ1) is 22.2. The smallest absolute Gasteiger partial charge is 0.191 e. The highest BCUT2D eigenvalue weighted by Gasteiger charge is 2.25. The van der Waals surface area contributed by atoms with E-state index in [0.29, 0.717) is 25.6 Å². The molecule has 1 aromatic rings. The molecule has 2 N–H and O–H groups in total. The zero-order chi connectivity index (χ0) is 19.7. The van der Waals surface area contributed by atoms with Crippen LogP contribution in [0.3, 0.4) is 0 Å². The average molecular weight is 415 g/mol. The lowest BCUT2D eigenvalue weighted by molar-refractivity contribution is 0.143.